The van der Waals surface area contributed by atoms with Gasteiger partial charge in [0.05, 0.1) is 15.1 Å². The molecular formula is C22H26N4O3S2. The van der Waals surface area contributed by atoms with Crippen LogP contribution in [-0.2, 0) is 4.79 Å². The Kier molecular flexibility index (Phi) is 7.53. The molecule has 0 N–H and O–H groups in total. The van der Waals surface area contributed by atoms with Gasteiger partial charge in [-0.25, -0.2) is 4.98 Å². The molecule has 0 aliphatic rings. The standard InChI is InChI=1S/C22H26N4O3S2/c1-5-24(6-2)13-14-25(19(27)11-8-17-9-12-20(30-17)26(28)29)22-23-21-16(4)15(3)7-10-18(21)31-22/h7-12H,5-6,13-14H2,1-4H3/b11-8+. The van der Waals surface area contributed by atoms with Crippen molar-refractivity contribution in [3.63, 3.8) is 0 Å². The molecule has 0 unspecified atom stereocenters. The second-order valence-electron chi connectivity index (χ2n) is 7.13. The van der Waals surface area contributed by atoms with Gasteiger partial charge in [0, 0.05) is 30.1 Å². The minimum absolute atomic E-state index is 0.0579. The van der Waals surface area contributed by atoms with E-state index in [9.17, 15) is 14.9 Å². The number of anilines is 1. The van der Waals surface area contributed by atoms with Gasteiger partial charge in [0.2, 0.25) is 0 Å². The van der Waals surface area contributed by atoms with Crippen molar-refractivity contribution in [2.45, 2.75) is 27.7 Å². The molecule has 3 aromatic rings. The van der Waals surface area contributed by atoms with Crippen LogP contribution in [0.5, 0.6) is 0 Å². The van der Waals surface area contributed by atoms with Crippen molar-refractivity contribution >= 4 is 55.0 Å². The maximum absolute atomic E-state index is 13.1. The second kappa shape index (κ2) is 10.1. The largest absolute Gasteiger partial charge is 0.324 e. The molecule has 9 heteroatoms. The molecule has 164 valence electrons. The number of likely N-dealkylation sites (N-methyl/N-ethyl adjacent to an activating group) is 1. The fourth-order valence-corrected chi connectivity index (χ4v) is 4.97. The first-order valence-corrected chi connectivity index (χ1v) is 11.8. The van der Waals surface area contributed by atoms with E-state index in [1.54, 1.807) is 17.0 Å². The number of amides is 1. The minimum Gasteiger partial charge on any atom is -0.302 e. The topological polar surface area (TPSA) is 79.6 Å². The average molecular weight is 459 g/mol. The molecule has 2 aromatic heterocycles. The Morgan fingerprint density at radius 3 is 2.52 bits per heavy atom. The van der Waals surface area contributed by atoms with Gasteiger partial charge in [0.15, 0.2) is 5.13 Å². The third-order valence-electron chi connectivity index (χ3n) is 5.29. The average Bonchev–Trinajstić information content (AvgIpc) is 3.40. The van der Waals surface area contributed by atoms with E-state index in [4.69, 9.17) is 4.98 Å². The zero-order valence-corrected chi connectivity index (χ0v) is 19.8. The summed E-state index contributed by atoms with van der Waals surface area (Å²) in [6.45, 7) is 11.4. The van der Waals surface area contributed by atoms with E-state index in [0.717, 1.165) is 46.8 Å². The van der Waals surface area contributed by atoms with Crippen molar-refractivity contribution in [1.82, 2.24) is 9.88 Å². The van der Waals surface area contributed by atoms with Crippen LogP contribution in [0.1, 0.15) is 29.9 Å². The molecule has 7 nitrogen and oxygen atoms in total. The summed E-state index contributed by atoms with van der Waals surface area (Å²) in [5.41, 5.74) is 3.22. The molecule has 2 heterocycles. The lowest BCUT2D eigenvalue weighted by Gasteiger charge is -2.23. The zero-order chi connectivity index (χ0) is 22.5. The van der Waals surface area contributed by atoms with Gasteiger partial charge >= 0.3 is 5.00 Å². The van der Waals surface area contributed by atoms with Crippen LogP contribution in [0.3, 0.4) is 0 Å². The predicted octanol–water partition coefficient (Wildman–Crippen LogP) is 5.27. The molecule has 1 aromatic carbocycles. The highest BCUT2D eigenvalue weighted by Gasteiger charge is 2.20. The van der Waals surface area contributed by atoms with Crippen molar-refractivity contribution in [3.8, 4) is 0 Å². The Bertz CT molecular complexity index is 1120. The zero-order valence-electron chi connectivity index (χ0n) is 18.1. The number of thiophene rings is 1. The van der Waals surface area contributed by atoms with Crippen LogP contribution >= 0.6 is 22.7 Å². The number of aromatic nitrogens is 1. The van der Waals surface area contributed by atoms with E-state index < -0.39 is 4.92 Å². The van der Waals surface area contributed by atoms with Crippen LogP contribution in [0.25, 0.3) is 16.3 Å². The molecule has 0 fully saturated rings. The Balaban J connectivity index is 1.89. The third kappa shape index (κ3) is 5.36. The highest BCUT2D eigenvalue weighted by atomic mass is 32.1. The van der Waals surface area contributed by atoms with Crippen LogP contribution < -0.4 is 4.90 Å². The summed E-state index contributed by atoms with van der Waals surface area (Å²) in [6, 6.07) is 7.22. The van der Waals surface area contributed by atoms with Gasteiger partial charge < -0.3 is 4.90 Å². The number of carbonyl (C=O) groups excluding carboxylic acids is 1. The maximum atomic E-state index is 13.1. The Hall–Kier alpha value is -2.62. The molecule has 3 rings (SSSR count). The lowest BCUT2D eigenvalue weighted by Crippen LogP contribution is -2.38. The SMILES string of the molecule is CCN(CC)CCN(C(=O)/C=C/c1ccc([N+](=O)[O-])s1)c1nc2c(C)c(C)ccc2s1. The lowest BCUT2D eigenvalue weighted by molar-refractivity contribution is -0.380. The number of nitrogens with zero attached hydrogens (tertiary/aromatic N) is 4. The number of benzene rings is 1. The van der Waals surface area contributed by atoms with Crippen LogP contribution in [-0.4, -0.2) is 46.9 Å². The summed E-state index contributed by atoms with van der Waals surface area (Å²) in [5, 5.41) is 11.6. The van der Waals surface area contributed by atoms with E-state index in [0.29, 0.717) is 16.6 Å². The molecule has 0 bridgehead atoms. The first kappa shape index (κ1) is 23.1. The number of carbonyl (C=O) groups is 1. The quantitative estimate of drug-likeness (QED) is 0.248. The van der Waals surface area contributed by atoms with E-state index in [1.807, 2.05) is 13.0 Å². The normalized spacial score (nSPS) is 11.6. The first-order chi connectivity index (χ1) is 14.8. The molecule has 1 amide bonds. The molecule has 0 aliphatic heterocycles. The number of hydrogen-bond donors (Lipinski definition) is 0. The Morgan fingerprint density at radius 2 is 1.87 bits per heavy atom. The van der Waals surface area contributed by atoms with Gasteiger partial charge in [-0.3, -0.25) is 19.8 Å². The summed E-state index contributed by atoms with van der Waals surface area (Å²) >= 11 is 2.55. The summed E-state index contributed by atoms with van der Waals surface area (Å²) in [6.07, 6.45) is 3.11. The summed E-state index contributed by atoms with van der Waals surface area (Å²) in [5.74, 6) is -0.184. The molecule has 0 radical (unpaired) electrons. The fourth-order valence-electron chi connectivity index (χ4n) is 3.18. The molecule has 0 aliphatic carbocycles. The van der Waals surface area contributed by atoms with Crippen molar-refractivity contribution in [2.75, 3.05) is 31.1 Å². The van der Waals surface area contributed by atoms with Gasteiger partial charge in [-0.15, -0.1) is 0 Å². The van der Waals surface area contributed by atoms with Gasteiger partial charge in [-0.2, -0.15) is 0 Å². The van der Waals surface area contributed by atoms with Gasteiger partial charge in [0.1, 0.15) is 0 Å². The first-order valence-electron chi connectivity index (χ1n) is 10.2. The van der Waals surface area contributed by atoms with Crippen LogP contribution in [0.4, 0.5) is 10.1 Å². The van der Waals surface area contributed by atoms with Crippen LogP contribution in [0.15, 0.2) is 30.3 Å². The smallest absolute Gasteiger partial charge is 0.302 e. The molecular weight excluding hydrogens is 432 g/mol. The van der Waals surface area contributed by atoms with Gasteiger partial charge in [-0.05, 0) is 56.3 Å². The number of hydrogen-bond acceptors (Lipinski definition) is 7. The number of aryl methyl sites for hydroxylation is 2. The third-order valence-corrected chi connectivity index (χ3v) is 7.33. The van der Waals surface area contributed by atoms with E-state index in [2.05, 4.69) is 31.7 Å². The number of thiazole rings is 1. The number of fused-ring (bicyclic) bond motifs is 1. The molecule has 0 saturated heterocycles. The maximum Gasteiger partial charge on any atom is 0.324 e. The van der Waals surface area contributed by atoms with Gasteiger partial charge in [-0.1, -0.05) is 42.6 Å². The monoisotopic (exact) mass is 458 g/mol. The number of nitro groups is 1. The summed E-state index contributed by atoms with van der Waals surface area (Å²) in [7, 11) is 0. The summed E-state index contributed by atoms with van der Waals surface area (Å²) in [4.78, 5) is 33.0. The molecule has 0 saturated carbocycles. The molecule has 31 heavy (non-hydrogen) atoms. The Morgan fingerprint density at radius 1 is 1.13 bits per heavy atom. The van der Waals surface area contributed by atoms with Crippen LogP contribution in [0.2, 0.25) is 0 Å². The minimum atomic E-state index is -0.425. The molecule has 0 atom stereocenters. The molecule has 0 spiro atoms. The van der Waals surface area contributed by atoms with Crippen molar-refractivity contribution in [2.24, 2.45) is 0 Å². The summed E-state index contributed by atoms with van der Waals surface area (Å²) < 4.78 is 1.05. The Labute approximate surface area is 189 Å². The second-order valence-corrected chi connectivity index (χ2v) is 9.24. The number of rotatable bonds is 9. The van der Waals surface area contributed by atoms with Crippen molar-refractivity contribution in [1.29, 1.82) is 0 Å². The van der Waals surface area contributed by atoms with E-state index >= 15 is 0 Å². The highest BCUT2D eigenvalue weighted by molar-refractivity contribution is 7.22. The van der Waals surface area contributed by atoms with E-state index in [1.165, 1.54) is 29.0 Å². The van der Waals surface area contributed by atoms with Crippen molar-refractivity contribution < 1.29 is 9.72 Å². The predicted molar refractivity (Wildman–Crippen MR) is 129 cm³/mol. The van der Waals surface area contributed by atoms with Crippen molar-refractivity contribution in [3.05, 3.63) is 56.5 Å². The van der Waals surface area contributed by atoms with E-state index in [-0.39, 0.29) is 10.9 Å². The van der Waals surface area contributed by atoms with Crippen LogP contribution in [0, 0.1) is 24.0 Å². The lowest BCUT2D eigenvalue weighted by atomic mass is 10.1. The highest BCUT2D eigenvalue weighted by Crippen LogP contribution is 2.32. The van der Waals surface area contributed by atoms with Gasteiger partial charge in [0.25, 0.3) is 5.91 Å². The fraction of sp³-hybridized carbons (Fsp3) is 0.364.